The highest BCUT2D eigenvalue weighted by atomic mass is 19.1. The molecule has 0 aliphatic carbocycles. The molecule has 1 atom stereocenters. The molecule has 0 aliphatic rings. The standard InChI is InChI=1S/C16H18FNO3/c1-2-21-16-8-11(6-7-15(16)20)14(10-19)18-13-5-3-4-12(17)9-13/h3-9,14,18-20H,2,10H2,1H3. The lowest BCUT2D eigenvalue weighted by atomic mass is 10.1. The van der Waals surface area contributed by atoms with Gasteiger partial charge in [-0.2, -0.15) is 0 Å². The van der Waals surface area contributed by atoms with Gasteiger partial charge in [0.15, 0.2) is 11.5 Å². The Morgan fingerprint density at radius 2 is 2.05 bits per heavy atom. The Kier molecular flexibility index (Phi) is 5.00. The molecule has 0 spiro atoms. The third-order valence-electron chi connectivity index (χ3n) is 3.03. The summed E-state index contributed by atoms with van der Waals surface area (Å²) in [6.07, 6.45) is 0. The number of anilines is 1. The lowest BCUT2D eigenvalue weighted by Gasteiger charge is -2.19. The van der Waals surface area contributed by atoms with Gasteiger partial charge in [0.1, 0.15) is 5.82 Å². The van der Waals surface area contributed by atoms with E-state index in [1.165, 1.54) is 18.2 Å². The van der Waals surface area contributed by atoms with Crippen LogP contribution in [0.1, 0.15) is 18.5 Å². The van der Waals surface area contributed by atoms with Crippen LogP contribution in [0.25, 0.3) is 0 Å². The van der Waals surface area contributed by atoms with Gasteiger partial charge < -0.3 is 20.3 Å². The molecule has 2 aromatic rings. The van der Waals surface area contributed by atoms with Gasteiger partial charge in [-0.05, 0) is 42.8 Å². The summed E-state index contributed by atoms with van der Waals surface area (Å²) < 4.78 is 18.5. The smallest absolute Gasteiger partial charge is 0.161 e. The molecule has 0 aromatic heterocycles. The van der Waals surface area contributed by atoms with Crippen LogP contribution in [0, 0.1) is 5.82 Å². The first-order valence-electron chi connectivity index (χ1n) is 6.72. The molecule has 2 aromatic carbocycles. The highest BCUT2D eigenvalue weighted by Gasteiger charge is 2.13. The molecular weight excluding hydrogens is 273 g/mol. The summed E-state index contributed by atoms with van der Waals surface area (Å²) in [4.78, 5) is 0. The van der Waals surface area contributed by atoms with E-state index in [1.807, 2.05) is 6.92 Å². The van der Waals surface area contributed by atoms with E-state index in [0.717, 1.165) is 5.56 Å². The Morgan fingerprint density at radius 1 is 1.24 bits per heavy atom. The van der Waals surface area contributed by atoms with Gasteiger partial charge in [-0.15, -0.1) is 0 Å². The average Bonchev–Trinajstić information content (AvgIpc) is 2.47. The van der Waals surface area contributed by atoms with Crippen molar-refractivity contribution in [3.63, 3.8) is 0 Å². The van der Waals surface area contributed by atoms with Gasteiger partial charge in [0, 0.05) is 5.69 Å². The van der Waals surface area contributed by atoms with E-state index in [1.54, 1.807) is 24.3 Å². The van der Waals surface area contributed by atoms with Gasteiger partial charge in [0.25, 0.3) is 0 Å². The molecule has 0 amide bonds. The Hall–Kier alpha value is -2.27. The monoisotopic (exact) mass is 291 g/mol. The molecule has 2 rings (SSSR count). The highest BCUT2D eigenvalue weighted by molar-refractivity contribution is 5.48. The second-order valence-corrected chi connectivity index (χ2v) is 4.55. The summed E-state index contributed by atoms with van der Waals surface area (Å²) in [6.45, 7) is 2.08. The molecule has 0 aliphatic heterocycles. The third-order valence-corrected chi connectivity index (χ3v) is 3.03. The van der Waals surface area contributed by atoms with Gasteiger partial charge in [-0.1, -0.05) is 12.1 Å². The Bertz CT molecular complexity index is 604. The van der Waals surface area contributed by atoms with E-state index >= 15 is 0 Å². The van der Waals surface area contributed by atoms with Gasteiger partial charge in [-0.3, -0.25) is 0 Å². The minimum absolute atomic E-state index is 0.0445. The van der Waals surface area contributed by atoms with Crippen LogP contribution < -0.4 is 10.1 Å². The number of aliphatic hydroxyl groups excluding tert-OH is 1. The quantitative estimate of drug-likeness (QED) is 0.765. The number of nitrogens with one attached hydrogen (secondary N) is 1. The van der Waals surface area contributed by atoms with Crippen LogP contribution in [0.2, 0.25) is 0 Å². The highest BCUT2D eigenvalue weighted by Crippen LogP contribution is 2.30. The van der Waals surface area contributed by atoms with Gasteiger partial charge >= 0.3 is 0 Å². The van der Waals surface area contributed by atoms with Crippen LogP contribution in [-0.4, -0.2) is 23.4 Å². The van der Waals surface area contributed by atoms with E-state index in [0.29, 0.717) is 18.0 Å². The van der Waals surface area contributed by atoms with Crippen LogP contribution in [0.4, 0.5) is 10.1 Å². The fourth-order valence-corrected chi connectivity index (χ4v) is 2.03. The van der Waals surface area contributed by atoms with Crippen LogP contribution in [-0.2, 0) is 0 Å². The van der Waals surface area contributed by atoms with Crippen molar-refractivity contribution in [1.82, 2.24) is 0 Å². The van der Waals surface area contributed by atoms with Gasteiger partial charge in [0.05, 0.1) is 19.3 Å². The van der Waals surface area contributed by atoms with Crippen molar-refractivity contribution in [1.29, 1.82) is 0 Å². The number of halogens is 1. The molecule has 0 bridgehead atoms. The number of ether oxygens (including phenoxy) is 1. The molecule has 0 saturated heterocycles. The lowest BCUT2D eigenvalue weighted by molar-refractivity contribution is 0.275. The van der Waals surface area contributed by atoms with E-state index in [2.05, 4.69) is 5.32 Å². The molecule has 3 N–H and O–H groups in total. The zero-order valence-electron chi connectivity index (χ0n) is 11.7. The SMILES string of the molecule is CCOc1cc(C(CO)Nc2cccc(F)c2)ccc1O. The third kappa shape index (κ3) is 3.86. The van der Waals surface area contributed by atoms with Crippen LogP contribution >= 0.6 is 0 Å². The predicted molar refractivity (Wildman–Crippen MR) is 79.1 cm³/mol. The number of aromatic hydroxyl groups is 1. The molecule has 0 fully saturated rings. The lowest BCUT2D eigenvalue weighted by Crippen LogP contribution is -2.15. The summed E-state index contributed by atoms with van der Waals surface area (Å²) in [5.41, 5.74) is 1.31. The number of aliphatic hydroxyl groups is 1. The van der Waals surface area contributed by atoms with E-state index < -0.39 is 6.04 Å². The molecule has 5 heteroatoms. The van der Waals surface area contributed by atoms with Gasteiger partial charge in [0.2, 0.25) is 0 Å². The molecular formula is C16H18FNO3. The van der Waals surface area contributed by atoms with E-state index in [4.69, 9.17) is 4.74 Å². The molecule has 1 unspecified atom stereocenters. The van der Waals surface area contributed by atoms with Crippen LogP contribution in [0.3, 0.4) is 0 Å². The Balaban J connectivity index is 2.22. The summed E-state index contributed by atoms with van der Waals surface area (Å²) in [6, 6.07) is 10.4. The minimum Gasteiger partial charge on any atom is -0.504 e. The average molecular weight is 291 g/mol. The van der Waals surface area contributed by atoms with E-state index in [9.17, 15) is 14.6 Å². The van der Waals surface area contributed by atoms with Crippen LogP contribution in [0.5, 0.6) is 11.5 Å². The first-order chi connectivity index (χ1) is 10.1. The molecule has 0 radical (unpaired) electrons. The van der Waals surface area contributed by atoms with Crippen molar-refractivity contribution in [3.05, 3.63) is 53.8 Å². The number of hydrogen-bond acceptors (Lipinski definition) is 4. The van der Waals surface area contributed by atoms with Crippen molar-refractivity contribution in [2.75, 3.05) is 18.5 Å². The van der Waals surface area contributed by atoms with Crippen molar-refractivity contribution in [2.24, 2.45) is 0 Å². The second-order valence-electron chi connectivity index (χ2n) is 4.55. The maximum Gasteiger partial charge on any atom is 0.161 e. The maximum atomic E-state index is 13.2. The number of rotatable bonds is 6. The number of hydrogen-bond donors (Lipinski definition) is 3. The molecule has 0 saturated carbocycles. The fraction of sp³-hybridized carbons (Fsp3) is 0.250. The predicted octanol–water partition coefficient (Wildman–Crippen LogP) is 3.08. The van der Waals surface area contributed by atoms with Crippen molar-refractivity contribution < 1.29 is 19.3 Å². The molecule has 112 valence electrons. The zero-order chi connectivity index (χ0) is 15.2. The van der Waals surface area contributed by atoms with Crippen LogP contribution in [0.15, 0.2) is 42.5 Å². The Morgan fingerprint density at radius 3 is 2.71 bits per heavy atom. The molecule has 0 heterocycles. The van der Waals surface area contributed by atoms with Gasteiger partial charge in [-0.25, -0.2) is 4.39 Å². The number of benzene rings is 2. The maximum absolute atomic E-state index is 13.2. The fourth-order valence-electron chi connectivity index (χ4n) is 2.03. The van der Waals surface area contributed by atoms with Crippen molar-refractivity contribution >= 4 is 5.69 Å². The topological polar surface area (TPSA) is 61.7 Å². The second kappa shape index (κ2) is 6.95. The molecule has 4 nitrogen and oxygen atoms in total. The van der Waals surface area contributed by atoms with Crippen molar-refractivity contribution in [2.45, 2.75) is 13.0 Å². The Labute approximate surface area is 122 Å². The minimum atomic E-state index is -0.424. The van der Waals surface area contributed by atoms with E-state index in [-0.39, 0.29) is 18.2 Å². The van der Waals surface area contributed by atoms with Crippen molar-refractivity contribution in [3.8, 4) is 11.5 Å². The first-order valence-corrected chi connectivity index (χ1v) is 6.72. The summed E-state index contributed by atoms with van der Waals surface area (Å²) in [7, 11) is 0. The summed E-state index contributed by atoms with van der Waals surface area (Å²) >= 11 is 0. The number of phenolic OH excluding ortho intramolecular Hbond substituents is 1. The first kappa shape index (κ1) is 15.1. The molecule has 21 heavy (non-hydrogen) atoms. The summed E-state index contributed by atoms with van der Waals surface area (Å²) in [5, 5.41) is 22.3. The normalized spacial score (nSPS) is 12.0. The zero-order valence-corrected chi connectivity index (χ0v) is 11.7. The largest absolute Gasteiger partial charge is 0.504 e. The number of phenols is 1. The summed E-state index contributed by atoms with van der Waals surface area (Å²) in [5.74, 6) is 0.0509.